The van der Waals surface area contributed by atoms with Gasteiger partial charge in [0.15, 0.2) is 0 Å². The van der Waals surface area contributed by atoms with E-state index < -0.39 is 0 Å². The van der Waals surface area contributed by atoms with Crippen LogP contribution in [-0.4, -0.2) is 23.4 Å². The van der Waals surface area contributed by atoms with Crippen molar-refractivity contribution >= 4 is 11.8 Å². The first-order valence-corrected chi connectivity index (χ1v) is 6.29. The molecule has 1 aromatic rings. The summed E-state index contributed by atoms with van der Waals surface area (Å²) in [6.45, 7) is 3.60. The smallest absolute Gasteiger partial charge is 0.114 e. The van der Waals surface area contributed by atoms with Crippen LogP contribution in [-0.2, 0) is 4.74 Å². The lowest BCUT2D eigenvalue weighted by molar-refractivity contribution is 0.1000. The fourth-order valence-electron chi connectivity index (χ4n) is 1.66. The third-order valence-corrected chi connectivity index (χ3v) is 3.91. The molecular weight excluding hydrogens is 220 g/mol. The molecule has 0 spiro atoms. The van der Waals surface area contributed by atoms with Gasteiger partial charge in [-0.3, -0.25) is 0 Å². The summed E-state index contributed by atoms with van der Waals surface area (Å²) in [6, 6.07) is 5.93. The van der Waals surface area contributed by atoms with Gasteiger partial charge in [0.1, 0.15) is 11.1 Å². The highest BCUT2D eigenvalue weighted by molar-refractivity contribution is 7.99. The molecule has 1 fully saturated rings. The number of nitrogens with zero attached hydrogens (tertiary/aromatic N) is 2. The van der Waals surface area contributed by atoms with Crippen molar-refractivity contribution in [1.29, 1.82) is 5.26 Å². The third kappa shape index (κ3) is 2.75. The minimum absolute atomic E-state index is 0.537. The standard InChI is InChI=1S/C12H14N2OS/c1-9-2-3-10(8-13)12(14-9)16-11-4-6-15-7-5-11/h2-3,11H,4-7H2,1H3. The number of aromatic nitrogens is 1. The second-order valence-electron chi connectivity index (χ2n) is 3.85. The van der Waals surface area contributed by atoms with Crippen LogP contribution in [0, 0.1) is 18.3 Å². The molecule has 0 radical (unpaired) electrons. The Balaban J connectivity index is 2.13. The second kappa shape index (κ2) is 5.33. The quantitative estimate of drug-likeness (QED) is 0.789. The van der Waals surface area contributed by atoms with Crippen LogP contribution in [0.25, 0.3) is 0 Å². The average molecular weight is 234 g/mol. The normalized spacial score (nSPS) is 17.0. The number of pyridine rings is 1. The summed E-state index contributed by atoms with van der Waals surface area (Å²) in [5, 5.41) is 10.4. The van der Waals surface area contributed by atoms with Crippen molar-refractivity contribution in [3.05, 3.63) is 23.4 Å². The largest absolute Gasteiger partial charge is 0.381 e. The van der Waals surface area contributed by atoms with E-state index in [4.69, 9.17) is 10.00 Å². The number of rotatable bonds is 2. The second-order valence-corrected chi connectivity index (χ2v) is 5.14. The van der Waals surface area contributed by atoms with Crippen LogP contribution in [0.3, 0.4) is 0 Å². The van der Waals surface area contributed by atoms with E-state index in [-0.39, 0.29) is 0 Å². The Bertz CT molecular complexity index is 408. The predicted octanol–water partition coefficient (Wildman–Crippen LogP) is 2.53. The third-order valence-electron chi connectivity index (χ3n) is 2.57. The molecule has 2 rings (SSSR count). The first-order chi connectivity index (χ1) is 7.79. The Kier molecular flexibility index (Phi) is 3.81. The van der Waals surface area contributed by atoms with Gasteiger partial charge in [-0.2, -0.15) is 5.26 Å². The van der Waals surface area contributed by atoms with Gasteiger partial charge >= 0.3 is 0 Å². The van der Waals surface area contributed by atoms with E-state index in [0.29, 0.717) is 10.8 Å². The van der Waals surface area contributed by atoms with Gasteiger partial charge in [0.05, 0.1) is 5.56 Å². The molecule has 84 valence electrons. The molecule has 1 saturated heterocycles. The zero-order valence-electron chi connectivity index (χ0n) is 9.27. The summed E-state index contributed by atoms with van der Waals surface area (Å²) in [5.74, 6) is 0. The van der Waals surface area contributed by atoms with Crippen molar-refractivity contribution in [2.24, 2.45) is 0 Å². The molecule has 0 amide bonds. The Morgan fingerprint density at radius 3 is 2.88 bits per heavy atom. The molecule has 0 N–H and O–H groups in total. The number of nitriles is 1. The van der Waals surface area contributed by atoms with E-state index in [2.05, 4.69) is 11.1 Å². The van der Waals surface area contributed by atoms with Crippen molar-refractivity contribution in [2.75, 3.05) is 13.2 Å². The van der Waals surface area contributed by atoms with Crippen LogP contribution in [0.5, 0.6) is 0 Å². The molecule has 1 aromatic heterocycles. The Morgan fingerprint density at radius 2 is 2.19 bits per heavy atom. The zero-order valence-corrected chi connectivity index (χ0v) is 10.1. The minimum atomic E-state index is 0.537. The highest BCUT2D eigenvalue weighted by atomic mass is 32.2. The van der Waals surface area contributed by atoms with Gasteiger partial charge < -0.3 is 4.74 Å². The van der Waals surface area contributed by atoms with Crippen molar-refractivity contribution in [1.82, 2.24) is 4.98 Å². The molecule has 0 aromatic carbocycles. The van der Waals surface area contributed by atoms with Crippen LogP contribution in [0.4, 0.5) is 0 Å². The minimum Gasteiger partial charge on any atom is -0.381 e. The Labute approximate surface area is 99.8 Å². The monoisotopic (exact) mass is 234 g/mol. The number of thioether (sulfide) groups is 1. The molecule has 2 heterocycles. The molecular formula is C12H14N2OS. The number of aryl methyl sites for hydroxylation is 1. The maximum Gasteiger partial charge on any atom is 0.114 e. The van der Waals surface area contributed by atoms with E-state index in [0.717, 1.165) is 36.8 Å². The first-order valence-electron chi connectivity index (χ1n) is 5.42. The lowest BCUT2D eigenvalue weighted by Gasteiger charge is -2.21. The van der Waals surface area contributed by atoms with Crippen molar-refractivity contribution in [3.8, 4) is 6.07 Å². The molecule has 0 atom stereocenters. The number of hydrogen-bond acceptors (Lipinski definition) is 4. The van der Waals surface area contributed by atoms with Crippen molar-refractivity contribution in [2.45, 2.75) is 30.0 Å². The molecule has 0 aliphatic carbocycles. The molecule has 1 aliphatic heterocycles. The average Bonchev–Trinajstić information content (AvgIpc) is 2.31. The fourth-order valence-corrected chi connectivity index (χ4v) is 2.84. The van der Waals surface area contributed by atoms with E-state index >= 15 is 0 Å². The van der Waals surface area contributed by atoms with Crippen LogP contribution in [0.15, 0.2) is 17.2 Å². The van der Waals surface area contributed by atoms with Gasteiger partial charge in [0.25, 0.3) is 0 Å². The summed E-state index contributed by atoms with van der Waals surface area (Å²) < 4.78 is 5.32. The Morgan fingerprint density at radius 1 is 1.44 bits per heavy atom. The van der Waals surface area contributed by atoms with Gasteiger partial charge in [-0.15, -0.1) is 11.8 Å². The SMILES string of the molecule is Cc1ccc(C#N)c(SC2CCOCC2)n1. The van der Waals surface area contributed by atoms with E-state index in [1.165, 1.54) is 0 Å². The molecule has 4 heteroatoms. The van der Waals surface area contributed by atoms with Gasteiger partial charge in [-0.25, -0.2) is 4.98 Å². The van der Waals surface area contributed by atoms with Crippen LogP contribution < -0.4 is 0 Å². The summed E-state index contributed by atoms with van der Waals surface area (Å²) in [6.07, 6.45) is 2.09. The summed E-state index contributed by atoms with van der Waals surface area (Å²) in [7, 11) is 0. The Hall–Kier alpha value is -1.05. The fraction of sp³-hybridized carbons (Fsp3) is 0.500. The molecule has 0 bridgehead atoms. The van der Waals surface area contributed by atoms with Gasteiger partial charge in [-0.05, 0) is 31.9 Å². The highest BCUT2D eigenvalue weighted by Gasteiger charge is 2.17. The molecule has 16 heavy (non-hydrogen) atoms. The van der Waals surface area contributed by atoms with Crippen molar-refractivity contribution < 1.29 is 4.74 Å². The predicted molar refractivity (Wildman–Crippen MR) is 63.4 cm³/mol. The van der Waals surface area contributed by atoms with Crippen LogP contribution >= 0.6 is 11.8 Å². The maximum absolute atomic E-state index is 9.01. The summed E-state index contributed by atoms with van der Waals surface area (Å²) in [5.41, 5.74) is 1.65. The number of hydrogen-bond donors (Lipinski definition) is 0. The summed E-state index contributed by atoms with van der Waals surface area (Å²) >= 11 is 1.72. The van der Waals surface area contributed by atoms with E-state index in [1.807, 2.05) is 19.1 Å². The van der Waals surface area contributed by atoms with Crippen LogP contribution in [0.2, 0.25) is 0 Å². The van der Waals surface area contributed by atoms with E-state index in [9.17, 15) is 0 Å². The first kappa shape index (κ1) is 11.4. The molecule has 1 aliphatic rings. The summed E-state index contributed by atoms with van der Waals surface area (Å²) in [4.78, 5) is 4.44. The molecule has 0 saturated carbocycles. The zero-order chi connectivity index (χ0) is 11.4. The number of ether oxygens (including phenoxy) is 1. The van der Waals surface area contributed by atoms with Crippen LogP contribution in [0.1, 0.15) is 24.1 Å². The van der Waals surface area contributed by atoms with Gasteiger partial charge in [0.2, 0.25) is 0 Å². The lowest BCUT2D eigenvalue weighted by Crippen LogP contribution is -2.17. The van der Waals surface area contributed by atoms with Gasteiger partial charge in [0, 0.05) is 24.2 Å². The highest BCUT2D eigenvalue weighted by Crippen LogP contribution is 2.30. The molecule has 0 unspecified atom stereocenters. The van der Waals surface area contributed by atoms with E-state index in [1.54, 1.807) is 11.8 Å². The maximum atomic E-state index is 9.01. The lowest BCUT2D eigenvalue weighted by atomic mass is 10.2. The topological polar surface area (TPSA) is 45.9 Å². The molecule has 3 nitrogen and oxygen atoms in total. The van der Waals surface area contributed by atoms with Crippen molar-refractivity contribution in [3.63, 3.8) is 0 Å². The van der Waals surface area contributed by atoms with Gasteiger partial charge in [-0.1, -0.05) is 0 Å².